The maximum absolute atomic E-state index is 10.8. The molecular formula is C10H12N2O2. The molecule has 1 N–H and O–H groups in total. The zero-order chi connectivity index (χ0) is 9.97. The van der Waals surface area contributed by atoms with Gasteiger partial charge in [0.1, 0.15) is 0 Å². The lowest BCUT2D eigenvalue weighted by Crippen LogP contribution is -2.34. The van der Waals surface area contributed by atoms with Crippen molar-refractivity contribution in [1.82, 2.24) is 5.32 Å². The molecule has 0 saturated carbocycles. The molecule has 0 aromatic heterocycles. The molecule has 1 aromatic rings. The smallest absolute Gasteiger partial charge is 0.409 e. The van der Waals surface area contributed by atoms with Crippen LogP contribution in [0.3, 0.4) is 0 Å². The van der Waals surface area contributed by atoms with Crippen molar-refractivity contribution in [3.63, 3.8) is 0 Å². The van der Waals surface area contributed by atoms with Crippen LogP contribution in [-0.4, -0.2) is 25.9 Å². The predicted molar refractivity (Wildman–Crippen MR) is 53.1 cm³/mol. The Morgan fingerprint density at radius 1 is 1.43 bits per heavy atom. The number of rotatable bonds is 2. The third kappa shape index (κ3) is 1.64. The molecule has 4 heteroatoms. The van der Waals surface area contributed by atoms with Crippen molar-refractivity contribution in [3.8, 4) is 0 Å². The van der Waals surface area contributed by atoms with Crippen molar-refractivity contribution in [2.45, 2.75) is 6.23 Å². The van der Waals surface area contributed by atoms with Gasteiger partial charge in [-0.15, -0.1) is 0 Å². The molecule has 0 aliphatic carbocycles. The Morgan fingerprint density at radius 3 is 2.71 bits per heavy atom. The van der Waals surface area contributed by atoms with Crippen molar-refractivity contribution >= 4 is 11.8 Å². The molecular weight excluding hydrogens is 180 g/mol. The van der Waals surface area contributed by atoms with E-state index in [0.717, 1.165) is 5.69 Å². The Hall–Kier alpha value is -1.71. The minimum Gasteiger partial charge on any atom is -0.423 e. The van der Waals surface area contributed by atoms with Crippen LogP contribution in [0.25, 0.3) is 0 Å². The molecule has 0 spiro atoms. The summed E-state index contributed by atoms with van der Waals surface area (Å²) in [6, 6.07) is 9.82. The van der Waals surface area contributed by atoms with Gasteiger partial charge in [-0.1, -0.05) is 18.2 Å². The van der Waals surface area contributed by atoms with Gasteiger partial charge in [0, 0.05) is 12.7 Å². The van der Waals surface area contributed by atoms with Gasteiger partial charge in [-0.25, -0.2) is 4.79 Å². The number of nitrogens with one attached hydrogen (secondary N) is 1. The first-order valence-corrected chi connectivity index (χ1v) is 4.50. The fourth-order valence-electron chi connectivity index (χ4n) is 1.42. The number of carbonyl (C=O) groups is 1. The van der Waals surface area contributed by atoms with E-state index in [9.17, 15) is 4.79 Å². The molecule has 2 rings (SSSR count). The molecule has 14 heavy (non-hydrogen) atoms. The molecule has 1 atom stereocenters. The van der Waals surface area contributed by atoms with E-state index in [1.165, 1.54) is 0 Å². The van der Waals surface area contributed by atoms with Gasteiger partial charge in [0.15, 0.2) is 6.23 Å². The fourth-order valence-corrected chi connectivity index (χ4v) is 1.42. The van der Waals surface area contributed by atoms with Crippen LogP contribution in [0.2, 0.25) is 0 Å². The first-order chi connectivity index (χ1) is 6.77. The standard InChI is InChI=1S/C10H12N2O2/c1-12(8-5-3-2-4-6-8)9-7-11-10(13)14-9/h2-6,9H,7H2,1H3,(H,11,13). The Balaban J connectivity index is 2.09. The van der Waals surface area contributed by atoms with Crippen LogP contribution in [0.5, 0.6) is 0 Å². The largest absolute Gasteiger partial charge is 0.423 e. The zero-order valence-corrected chi connectivity index (χ0v) is 7.93. The quantitative estimate of drug-likeness (QED) is 0.765. The lowest BCUT2D eigenvalue weighted by molar-refractivity contribution is 0.140. The summed E-state index contributed by atoms with van der Waals surface area (Å²) in [6.45, 7) is 0.532. The van der Waals surface area contributed by atoms with Crippen LogP contribution in [0.4, 0.5) is 10.5 Å². The minimum atomic E-state index is -0.349. The van der Waals surface area contributed by atoms with Gasteiger partial charge in [-0.3, -0.25) is 0 Å². The lowest BCUT2D eigenvalue weighted by Gasteiger charge is -2.23. The van der Waals surface area contributed by atoms with Crippen LogP contribution in [0.1, 0.15) is 0 Å². The fraction of sp³-hybridized carbons (Fsp3) is 0.300. The number of cyclic esters (lactones) is 1. The summed E-state index contributed by atoms with van der Waals surface area (Å²) < 4.78 is 5.05. The van der Waals surface area contributed by atoms with Gasteiger partial charge in [-0.05, 0) is 12.1 Å². The number of alkyl carbamates (subject to hydrolysis) is 1. The topological polar surface area (TPSA) is 41.6 Å². The molecule has 1 heterocycles. The summed E-state index contributed by atoms with van der Waals surface area (Å²) in [7, 11) is 1.90. The van der Waals surface area contributed by atoms with Gasteiger partial charge in [0.05, 0.1) is 6.54 Å². The van der Waals surface area contributed by atoms with Crippen LogP contribution in [-0.2, 0) is 4.74 Å². The van der Waals surface area contributed by atoms with Crippen LogP contribution in [0, 0.1) is 0 Å². The first kappa shape index (κ1) is 8.87. The van der Waals surface area contributed by atoms with Gasteiger partial charge in [-0.2, -0.15) is 0 Å². The number of hydrogen-bond donors (Lipinski definition) is 1. The number of anilines is 1. The number of amides is 1. The molecule has 0 bridgehead atoms. The van der Waals surface area contributed by atoms with E-state index in [-0.39, 0.29) is 12.3 Å². The number of benzene rings is 1. The molecule has 1 unspecified atom stereocenters. The number of likely N-dealkylation sites (N-methyl/N-ethyl adjacent to an activating group) is 1. The normalized spacial score (nSPS) is 20.1. The molecule has 1 saturated heterocycles. The van der Waals surface area contributed by atoms with Gasteiger partial charge < -0.3 is 15.0 Å². The summed E-state index contributed by atoms with van der Waals surface area (Å²) in [5.74, 6) is 0. The number of para-hydroxylation sites is 1. The summed E-state index contributed by atoms with van der Waals surface area (Å²) in [5, 5.41) is 2.62. The van der Waals surface area contributed by atoms with E-state index in [2.05, 4.69) is 5.32 Å². The Labute approximate surface area is 82.5 Å². The molecule has 1 aliphatic heterocycles. The van der Waals surface area contributed by atoms with Crippen molar-refractivity contribution in [2.75, 3.05) is 18.5 Å². The monoisotopic (exact) mass is 192 g/mol. The van der Waals surface area contributed by atoms with Crippen LogP contribution < -0.4 is 10.2 Å². The molecule has 74 valence electrons. The molecule has 1 fully saturated rings. The Kier molecular flexibility index (Phi) is 2.26. The molecule has 1 aromatic carbocycles. The van der Waals surface area contributed by atoms with Crippen molar-refractivity contribution < 1.29 is 9.53 Å². The van der Waals surface area contributed by atoms with Gasteiger partial charge in [0.2, 0.25) is 0 Å². The summed E-state index contributed by atoms with van der Waals surface area (Å²) in [4.78, 5) is 12.8. The third-order valence-corrected chi connectivity index (χ3v) is 2.26. The van der Waals surface area contributed by atoms with Crippen LogP contribution in [0.15, 0.2) is 30.3 Å². The van der Waals surface area contributed by atoms with E-state index in [0.29, 0.717) is 6.54 Å². The zero-order valence-electron chi connectivity index (χ0n) is 7.93. The van der Waals surface area contributed by atoms with Crippen LogP contribution >= 0.6 is 0 Å². The first-order valence-electron chi connectivity index (χ1n) is 4.50. The molecule has 1 amide bonds. The number of nitrogens with zero attached hydrogens (tertiary/aromatic N) is 1. The number of ether oxygens (including phenoxy) is 1. The molecule has 0 radical (unpaired) electrons. The summed E-state index contributed by atoms with van der Waals surface area (Å²) >= 11 is 0. The van der Waals surface area contributed by atoms with Crippen molar-refractivity contribution in [3.05, 3.63) is 30.3 Å². The maximum Gasteiger partial charge on any atom is 0.409 e. The maximum atomic E-state index is 10.8. The van der Waals surface area contributed by atoms with Gasteiger partial charge in [0.25, 0.3) is 0 Å². The Morgan fingerprint density at radius 2 is 2.14 bits per heavy atom. The average molecular weight is 192 g/mol. The van der Waals surface area contributed by atoms with Crippen molar-refractivity contribution in [1.29, 1.82) is 0 Å². The highest BCUT2D eigenvalue weighted by Gasteiger charge is 2.26. The Bertz CT molecular complexity index is 326. The second kappa shape index (κ2) is 3.57. The third-order valence-electron chi connectivity index (χ3n) is 2.26. The van der Waals surface area contributed by atoms with E-state index in [1.807, 2.05) is 42.3 Å². The van der Waals surface area contributed by atoms with Gasteiger partial charge >= 0.3 is 6.09 Å². The minimum absolute atomic E-state index is 0.204. The molecule has 1 aliphatic rings. The average Bonchev–Trinajstić information content (AvgIpc) is 2.65. The number of carbonyl (C=O) groups excluding carboxylic acids is 1. The molecule has 4 nitrogen and oxygen atoms in total. The van der Waals surface area contributed by atoms with E-state index in [1.54, 1.807) is 0 Å². The predicted octanol–water partition coefficient (Wildman–Crippen LogP) is 1.19. The highest BCUT2D eigenvalue weighted by Crippen LogP contribution is 2.16. The number of hydrogen-bond acceptors (Lipinski definition) is 3. The SMILES string of the molecule is CN(c1ccccc1)C1CNC(=O)O1. The van der Waals surface area contributed by atoms with E-state index >= 15 is 0 Å². The highest BCUT2D eigenvalue weighted by molar-refractivity contribution is 5.70. The highest BCUT2D eigenvalue weighted by atomic mass is 16.6. The van der Waals surface area contributed by atoms with Crippen molar-refractivity contribution in [2.24, 2.45) is 0 Å². The van der Waals surface area contributed by atoms with E-state index in [4.69, 9.17) is 4.74 Å². The summed E-state index contributed by atoms with van der Waals surface area (Å²) in [6.07, 6.45) is -0.553. The second-order valence-corrected chi connectivity index (χ2v) is 3.19. The lowest BCUT2D eigenvalue weighted by atomic mass is 10.3. The summed E-state index contributed by atoms with van der Waals surface area (Å²) in [5.41, 5.74) is 1.04. The van der Waals surface area contributed by atoms with E-state index < -0.39 is 0 Å². The second-order valence-electron chi connectivity index (χ2n) is 3.19.